The van der Waals surface area contributed by atoms with E-state index in [0.717, 1.165) is 5.01 Å². The Morgan fingerprint density at radius 2 is 1.77 bits per heavy atom. The van der Waals surface area contributed by atoms with Crippen molar-refractivity contribution in [2.24, 2.45) is 0 Å². The molecule has 1 nitrogen and oxygen atoms in total. The summed E-state index contributed by atoms with van der Waals surface area (Å²) in [6, 6.07) is 6.52. The van der Waals surface area contributed by atoms with Gasteiger partial charge in [-0.1, -0.05) is 17.2 Å². The van der Waals surface area contributed by atoms with Gasteiger partial charge in [-0.25, -0.2) is 4.98 Å². The van der Waals surface area contributed by atoms with Crippen molar-refractivity contribution in [3.8, 4) is 10.6 Å². The fourth-order valence-electron chi connectivity index (χ4n) is 1.46. The maximum Gasteiger partial charge on any atom is 0.123 e. The molecule has 1 aromatic carbocycles. The highest BCUT2D eigenvalue weighted by molar-refractivity contribution is 7.13. The van der Waals surface area contributed by atoms with Crippen molar-refractivity contribution < 1.29 is 0 Å². The van der Waals surface area contributed by atoms with Crippen molar-refractivity contribution in [3.63, 3.8) is 0 Å². The quantitative estimate of drug-likeness (QED) is 0.669. The summed E-state index contributed by atoms with van der Waals surface area (Å²) >= 11 is 1.68. The average molecular weight is 189 g/mol. The summed E-state index contributed by atoms with van der Waals surface area (Å²) in [5.74, 6) is 0. The summed E-state index contributed by atoms with van der Waals surface area (Å²) in [5, 5.41) is 3.11. The van der Waals surface area contributed by atoms with E-state index in [1.807, 2.05) is 11.6 Å². The summed E-state index contributed by atoms with van der Waals surface area (Å²) in [7, 11) is 0. The molecule has 0 N–H and O–H groups in total. The molecule has 0 radical (unpaired) electrons. The molecule has 13 heavy (non-hydrogen) atoms. The topological polar surface area (TPSA) is 12.9 Å². The van der Waals surface area contributed by atoms with Crippen LogP contribution in [0.15, 0.2) is 29.8 Å². The van der Waals surface area contributed by atoms with E-state index in [1.54, 1.807) is 11.3 Å². The zero-order valence-corrected chi connectivity index (χ0v) is 8.56. The molecule has 0 fully saturated rings. The fraction of sp³-hybridized carbons (Fsp3) is 0.182. The lowest BCUT2D eigenvalue weighted by molar-refractivity contribution is 1.36. The number of hydrogen-bond donors (Lipinski definition) is 0. The summed E-state index contributed by atoms with van der Waals surface area (Å²) in [6.07, 6.45) is 1.84. The minimum atomic E-state index is 1.10. The molecule has 66 valence electrons. The minimum Gasteiger partial charge on any atom is -0.245 e. The van der Waals surface area contributed by atoms with Crippen molar-refractivity contribution in [3.05, 3.63) is 40.9 Å². The lowest BCUT2D eigenvalue weighted by Crippen LogP contribution is -1.81. The van der Waals surface area contributed by atoms with Gasteiger partial charge in [0.2, 0.25) is 0 Å². The minimum absolute atomic E-state index is 1.10. The molecule has 0 unspecified atom stereocenters. The number of nitrogens with zero attached hydrogens (tertiary/aromatic N) is 1. The van der Waals surface area contributed by atoms with Gasteiger partial charge in [-0.2, -0.15) is 0 Å². The standard InChI is InChI=1S/C11H11NS/c1-8-5-9(2)7-10(6-8)11-12-3-4-13-11/h3-7H,1-2H3. The Morgan fingerprint density at radius 1 is 1.08 bits per heavy atom. The largest absolute Gasteiger partial charge is 0.245 e. The van der Waals surface area contributed by atoms with E-state index in [-0.39, 0.29) is 0 Å². The third-order valence-electron chi connectivity index (χ3n) is 1.90. The molecule has 2 heteroatoms. The SMILES string of the molecule is Cc1cc(C)cc(-c2nccs2)c1. The molecule has 0 saturated heterocycles. The second-order valence-electron chi connectivity index (χ2n) is 3.21. The number of thiazole rings is 1. The van der Waals surface area contributed by atoms with Crippen LogP contribution >= 0.6 is 11.3 Å². The molecule has 1 aromatic heterocycles. The van der Waals surface area contributed by atoms with Gasteiger partial charge in [-0.3, -0.25) is 0 Å². The second-order valence-corrected chi connectivity index (χ2v) is 4.11. The molecule has 2 aromatic rings. The third-order valence-corrected chi connectivity index (χ3v) is 2.72. The smallest absolute Gasteiger partial charge is 0.123 e. The van der Waals surface area contributed by atoms with Crippen LogP contribution in [0.2, 0.25) is 0 Å². The lowest BCUT2D eigenvalue weighted by Gasteiger charge is -2.00. The zero-order valence-electron chi connectivity index (χ0n) is 7.74. The first kappa shape index (κ1) is 8.45. The number of benzene rings is 1. The van der Waals surface area contributed by atoms with Gasteiger partial charge in [0.15, 0.2) is 0 Å². The Labute approximate surface area is 82.1 Å². The van der Waals surface area contributed by atoms with Crippen LogP contribution < -0.4 is 0 Å². The van der Waals surface area contributed by atoms with E-state index in [4.69, 9.17) is 0 Å². The Kier molecular flexibility index (Phi) is 2.15. The molecule has 0 bridgehead atoms. The van der Waals surface area contributed by atoms with E-state index in [2.05, 4.69) is 37.0 Å². The van der Waals surface area contributed by atoms with Crippen LogP contribution in [0, 0.1) is 13.8 Å². The number of hydrogen-bond acceptors (Lipinski definition) is 2. The van der Waals surface area contributed by atoms with Gasteiger partial charge in [0, 0.05) is 17.1 Å². The van der Waals surface area contributed by atoms with Crippen LogP contribution in [0.3, 0.4) is 0 Å². The summed E-state index contributed by atoms with van der Waals surface area (Å²) < 4.78 is 0. The van der Waals surface area contributed by atoms with Crippen LogP contribution in [0.1, 0.15) is 11.1 Å². The Bertz CT molecular complexity index is 384. The van der Waals surface area contributed by atoms with Gasteiger partial charge in [0.05, 0.1) is 0 Å². The molecule has 0 amide bonds. The van der Waals surface area contributed by atoms with Gasteiger partial charge < -0.3 is 0 Å². The van der Waals surface area contributed by atoms with Gasteiger partial charge in [0.1, 0.15) is 5.01 Å². The highest BCUT2D eigenvalue weighted by Gasteiger charge is 2.00. The van der Waals surface area contributed by atoms with Gasteiger partial charge in [-0.15, -0.1) is 11.3 Å². The Hall–Kier alpha value is -1.15. The first-order chi connectivity index (χ1) is 6.25. The zero-order chi connectivity index (χ0) is 9.26. The summed E-state index contributed by atoms with van der Waals surface area (Å²) in [5.41, 5.74) is 3.82. The maximum absolute atomic E-state index is 4.29. The van der Waals surface area contributed by atoms with Crippen molar-refractivity contribution in [2.75, 3.05) is 0 Å². The van der Waals surface area contributed by atoms with E-state index in [0.29, 0.717) is 0 Å². The second kappa shape index (κ2) is 3.30. The number of aromatic nitrogens is 1. The van der Waals surface area contributed by atoms with Gasteiger partial charge in [-0.05, 0) is 26.0 Å². The fourth-order valence-corrected chi connectivity index (χ4v) is 2.09. The van der Waals surface area contributed by atoms with E-state index in [9.17, 15) is 0 Å². The third kappa shape index (κ3) is 1.78. The first-order valence-corrected chi connectivity index (χ1v) is 5.12. The molecule has 0 aliphatic carbocycles. The molecule has 0 aliphatic heterocycles. The monoisotopic (exact) mass is 189 g/mol. The predicted octanol–water partition coefficient (Wildman–Crippen LogP) is 3.43. The van der Waals surface area contributed by atoms with E-state index >= 15 is 0 Å². The van der Waals surface area contributed by atoms with Crippen molar-refractivity contribution in [1.29, 1.82) is 0 Å². The van der Waals surface area contributed by atoms with E-state index < -0.39 is 0 Å². The van der Waals surface area contributed by atoms with Crippen LogP contribution in [0.25, 0.3) is 10.6 Å². The Balaban J connectivity index is 2.53. The highest BCUT2D eigenvalue weighted by atomic mass is 32.1. The molecule has 0 saturated carbocycles. The Morgan fingerprint density at radius 3 is 2.31 bits per heavy atom. The molecule has 0 atom stereocenters. The normalized spacial score (nSPS) is 10.3. The van der Waals surface area contributed by atoms with Gasteiger partial charge >= 0.3 is 0 Å². The molecule has 2 rings (SSSR count). The van der Waals surface area contributed by atoms with E-state index in [1.165, 1.54) is 16.7 Å². The molecule has 1 heterocycles. The maximum atomic E-state index is 4.29. The van der Waals surface area contributed by atoms with Crippen LogP contribution in [-0.4, -0.2) is 4.98 Å². The van der Waals surface area contributed by atoms with Gasteiger partial charge in [0.25, 0.3) is 0 Å². The van der Waals surface area contributed by atoms with Crippen molar-refractivity contribution in [1.82, 2.24) is 4.98 Å². The summed E-state index contributed by atoms with van der Waals surface area (Å²) in [6.45, 7) is 4.23. The van der Waals surface area contributed by atoms with Crippen molar-refractivity contribution >= 4 is 11.3 Å². The molecular formula is C11H11NS. The average Bonchev–Trinajstić information content (AvgIpc) is 2.53. The summed E-state index contributed by atoms with van der Waals surface area (Å²) in [4.78, 5) is 4.29. The molecule has 0 aliphatic rings. The lowest BCUT2D eigenvalue weighted by atomic mass is 10.1. The van der Waals surface area contributed by atoms with Crippen LogP contribution in [0.4, 0.5) is 0 Å². The molecule has 0 spiro atoms. The van der Waals surface area contributed by atoms with Crippen LogP contribution in [-0.2, 0) is 0 Å². The number of rotatable bonds is 1. The number of aryl methyl sites for hydroxylation is 2. The molecular weight excluding hydrogens is 178 g/mol. The van der Waals surface area contributed by atoms with Crippen molar-refractivity contribution in [2.45, 2.75) is 13.8 Å². The highest BCUT2D eigenvalue weighted by Crippen LogP contribution is 2.23. The van der Waals surface area contributed by atoms with Crippen LogP contribution in [0.5, 0.6) is 0 Å². The first-order valence-electron chi connectivity index (χ1n) is 4.24. The predicted molar refractivity (Wildman–Crippen MR) is 57.0 cm³/mol.